The summed E-state index contributed by atoms with van der Waals surface area (Å²) >= 11 is 0. The van der Waals surface area contributed by atoms with Crippen LogP contribution in [0.1, 0.15) is 39.5 Å². The quantitative estimate of drug-likeness (QED) is 0.624. The number of rotatable bonds is 2. The van der Waals surface area contributed by atoms with Crippen molar-refractivity contribution in [3.63, 3.8) is 0 Å². The molecule has 1 aliphatic heterocycles. The zero-order valence-corrected chi connectivity index (χ0v) is 8.40. The van der Waals surface area contributed by atoms with Gasteiger partial charge in [0.15, 0.2) is 0 Å². The van der Waals surface area contributed by atoms with E-state index in [4.69, 9.17) is 0 Å². The molecule has 0 bridgehead atoms. The van der Waals surface area contributed by atoms with Gasteiger partial charge in [-0.1, -0.05) is 18.1 Å². The Bertz CT molecular complexity index is 137. The third-order valence-electron chi connectivity index (χ3n) is 2.51. The minimum Gasteiger partial charge on any atom is -0.316 e. The molecule has 0 spiro atoms. The van der Waals surface area contributed by atoms with Crippen LogP contribution in [0.5, 0.6) is 0 Å². The molecule has 1 heteroatoms. The van der Waals surface area contributed by atoms with Gasteiger partial charge in [-0.2, -0.15) is 0 Å². The van der Waals surface area contributed by atoms with E-state index < -0.39 is 0 Å². The highest BCUT2D eigenvalue weighted by molar-refractivity contribution is 4.94. The predicted octanol–water partition coefficient (Wildman–Crippen LogP) is 2.73. The second kappa shape index (κ2) is 5.36. The Kier molecular flexibility index (Phi) is 4.37. The van der Waals surface area contributed by atoms with Gasteiger partial charge in [-0.3, -0.25) is 0 Å². The molecule has 12 heavy (non-hydrogen) atoms. The summed E-state index contributed by atoms with van der Waals surface area (Å²) in [4.78, 5) is 0. The second-order valence-electron chi connectivity index (χ2n) is 4.08. The Morgan fingerprint density at radius 3 is 3.00 bits per heavy atom. The largest absolute Gasteiger partial charge is 0.316 e. The summed E-state index contributed by atoms with van der Waals surface area (Å²) < 4.78 is 0. The normalized spacial score (nSPS) is 24.7. The van der Waals surface area contributed by atoms with Crippen LogP contribution in [0, 0.1) is 5.92 Å². The first-order chi connectivity index (χ1) is 5.79. The molecule has 1 atom stereocenters. The van der Waals surface area contributed by atoms with Gasteiger partial charge in [-0.15, -0.1) is 0 Å². The summed E-state index contributed by atoms with van der Waals surface area (Å²) in [7, 11) is 0. The summed E-state index contributed by atoms with van der Waals surface area (Å²) in [6.45, 7) is 6.82. The zero-order valence-electron chi connectivity index (χ0n) is 8.40. The first kappa shape index (κ1) is 9.79. The van der Waals surface area contributed by atoms with E-state index >= 15 is 0 Å². The lowest BCUT2D eigenvalue weighted by molar-refractivity contribution is 0.484. The van der Waals surface area contributed by atoms with E-state index in [2.05, 4.69) is 25.2 Å². The van der Waals surface area contributed by atoms with Gasteiger partial charge < -0.3 is 5.32 Å². The van der Waals surface area contributed by atoms with E-state index in [0.29, 0.717) is 0 Å². The van der Waals surface area contributed by atoms with Crippen LogP contribution in [-0.2, 0) is 0 Å². The Morgan fingerprint density at radius 2 is 2.25 bits per heavy atom. The predicted molar refractivity (Wildman–Crippen MR) is 54.3 cm³/mol. The Labute approximate surface area is 76.2 Å². The van der Waals surface area contributed by atoms with E-state index in [0.717, 1.165) is 5.92 Å². The van der Waals surface area contributed by atoms with Crippen molar-refractivity contribution < 1.29 is 0 Å². The fourth-order valence-corrected chi connectivity index (χ4v) is 1.69. The minimum absolute atomic E-state index is 0.891. The van der Waals surface area contributed by atoms with Crippen LogP contribution in [0.25, 0.3) is 0 Å². The number of hydrogen-bond donors (Lipinski definition) is 1. The van der Waals surface area contributed by atoms with Crippen molar-refractivity contribution in [3.8, 4) is 0 Å². The standard InChI is InChI=1S/C11H21N/c1-10(2)6-7-11-5-3-4-8-12-9-11/h6,11-12H,3-5,7-9H2,1-2H3. The highest BCUT2D eigenvalue weighted by atomic mass is 14.9. The van der Waals surface area contributed by atoms with E-state index in [1.807, 2.05) is 0 Å². The highest BCUT2D eigenvalue weighted by Crippen LogP contribution is 2.15. The molecule has 1 nitrogen and oxygen atoms in total. The summed E-state index contributed by atoms with van der Waals surface area (Å²) in [5.41, 5.74) is 1.46. The van der Waals surface area contributed by atoms with Gasteiger partial charge in [0.2, 0.25) is 0 Å². The molecule has 0 amide bonds. The minimum atomic E-state index is 0.891. The van der Waals surface area contributed by atoms with E-state index in [9.17, 15) is 0 Å². The summed E-state index contributed by atoms with van der Waals surface area (Å²) in [5.74, 6) is 0.891. The molecule has 1 unspecified atom stereocenters. The Hall–Kier alpha value is -0.300. The molecule has 1 fully saturated rings. The van der Waals surface area contributed by atoms with Crippen LogP contribution in [0.2, 0.25) is 0 Å². The average Bonchev–Trinajstić information content (AvgIpc) is 2.28. The highest BCUT2D eigenvalue weighted by Gasteiger charge is 2.09. The van der Waals surface area contributed by atoms with E-state index in [1.54, 1.807) is 0 Å². The molecule has 0 aliphatic carbocycles. The maximum absolute atomic E-state index is 3.49. The first-order valence-electron chi connectivity index (χ1n) is 5.13. The van der Waals surface area contributed by atoms with Crippen molar-refractivity contribution in [2.45, 2.75) is 39.5 Å². The van der Waals surface area contributed by atoms with E-state index in [1.165, 1.54) is 44.3 Å². The van der Waals surface area contributed by atoms with Crippen LogP contribution in [0.3, 0.4) is 0 Å². The molecule has 1 heterocycles. The van der Waals surface area contributed by atoms with Crippen molar-refractivity contribution in [2.24, 2.45) is 5.92 Å². The molecule has 0 saturated carbocycles. The Morgan fingerprint density at radius 1 is 1.42 bits per heavy atom. The maximum atomic E-state index is 3.49. The van der Waals surface area contributed by atoms with Crippen LogP contribution >= 0.6 is 0 Å². The van der Waals surface area contributed by atoms with Gasteiger partial charge in [-0.05, 0) is 52.1 Å². The summed E-state index contributed by atoms with van der Waals surface area (Å²) in [6, 6.07) is 0. The molecule has 1 saturated heterocycles. The van der Waals surface area contributed by atoms with Crippen molar-refractivity contribution >= 4 is 0 Å². The summed E-state index contributed by atoms with van der Waals surface area (Å²) in [5, 5.41) is 3.49. The van der Waals surface area contributed by atoms with Crippen molar-refractivity contribution in [1.29, 1.82) is 0 Å². The van der Waals surface area contributed by atoms with Crippen molar-refractivity contribution in [3.05, 3.63) is 11.6 Å². The molecule has 1 N–H and O–H groups in total. The zero-order chi connectivity index (χ0) is 8.81. The molecule has 1 aliphatic rings. The van der Waals surface area contributed by atoms with Gasteiger partial charge in [0.25, 0.3) is 0 Å². The molecular formula is C11H21N. The molecule has 1 rings (SSSR count). The molecule has 0 aromatic carbocycles. The lowest BCUT2D eigenvalue weighted by Gasteiger charge is -2.11. The SMILES string of the molecule is CC(C)=CCC1CCCCNC1. The third-order valence-corrected chi connectivity index (χ3v) is 2.51. The number of hydrogen-bond acceptors (Lipinski definition) is 1. The lowest BCUT2D eigenvalue weighted by atomic mass is 9.99. The smallest absolute Gasteiger partial charge is 0.00176 e. The van der Waals surface area contributed by atoms with Crippen LogP contribution in [0.4, 0.5) is 0 Å². The monoisotopic (exact) mass is 167 g/mol. The van der Waals surface area contributed by atoms with Gasteiger partial charge in [0.05, 0.1) is 0 Å². The molecule has 0 aromatic heterocycles. The third kappa shape index (κ3) is 3.91. The molecule has 0 radical (unpaired) electrons. The number of nitrogens with one attached hydrogen (secondary N) is 1. The molecular weight excluding hydrogens is 146 g/mol. The van der Waals surface area contributed by atoms with Crippen LogP contribution in [-0.4, -0.2) is 13.1 Å². The van der Waals surface area contributed by atoms with Crippen molar-refractivity contribution in [2.75, 3.05) is 13.1 Å². The van der Waals surface area contributed by atoms with Gasteiger partial charge in [-0.25, -0.2) is 0 Å². The number of allylic oxidation sites excluding steroid dienone is 2. The topological polar surface area (TPSA) is 12.0 Å². The van der Waals surface area contributed by atoms with Gasteiger partial charge >= 0.3 is 0 Å². The fourth-order valence-electron chi connectivity index (χ4n) is 1.69. The van der Waals surface area contributed by atoms with Gasteiger partial charge in [0.1, 0.15) is 0 Å². The molecule has 0 aromatic rings. The second-order valence-corrected chi connectivity index (χ2v) is 4.08. The van der Waals surface area contributed by atoms with Crippen LogP contribution in [0.15, 0.2) is 11.6 Å². The van der Waals surface area contributed by atoms with Crippen LogP contribution < -0.4 is 5.32 Å². The van der Waals surface area contributed by atoms with E-state index in [-0.39, 0.29) is 0 Å². The fraction of sp³-hybridized carbons (Fsp3) is 0.818. The van der Waals surface area contributed by atoms with Crippen molar-refractivity contribution in [1.82, 2.24) is 5.32 Å². The van der Waals surface area contributed by atoms with Gasteiger partial charge in [0, 0.05) is 0 Å². The first-order valence-corrected chi connectivity index (χ1v) is 5.13. The lowest BCUT2D eigenvalue weighted by Crippen LogP contribution is -2.20. The molecule has 70 valence electrons. The Balaban J connectivity index is 2.25. The maximum Gasteiger partial charge on any atom is -0.00176 e. The average molecular weight is 167 g/mol. The summed E-state index contributed by atoms with van der Waals surface area (Å²) in [6.07, 6.45) is 7.84.